The highest BCUT2D eigenvalue weighted by molar-refractivity contribution is 7.20. The van der Waals surface area contributed by atoms with Gasteiger partial charge in [-0.2, -0.15) is 5.10 Å². The van der Waals surface area contributed by atoms with Gasteiger partial charge in [-0.1, -0.05) is 29.8 Å². The van der Waals surface area contributed by atoms with Crippen molar-refractivity contribution in [3.05, 3.63) is 99.3 Å². The van der Waals surface area contributed by atoms with Crippen LogP contribution in [0.1, 0.15) is 48.2 Å². The molecule has 5 rings (SSSR count). The van der Waals surface area contributed by atoms with E-state index in [0.29, 0.717) is 17.0 Å². The molecule has 0 unspecified atom stereocenters. The van der Waals surface area contributed by atoms with E-state index in [-0.39, 0.29) is 12.4 Å². The van der Waals surface area contributed by atoms with Crippen LogP contribution in [0.5, 0.6) is 5.75 Å². The predicted molar refractivity (Wildman–Crippen MR) is 149 cm³/mol. The summed E-state index contributed by atoms with van der Waals surface area (Å²) in [6, 6.07) is 19.6. The minimum atomic E-state index is -0.509. The summed E-state index contributed by atoms with van der Waals surface area (Å²) in [6.07, 6.45) is 0. The first-order valence-electron chi connectivity index (χ1n) is 12.3. The van der Waals surface area contributed by atoms with Gasteiger partial charge in [0.2, 0.25) is 5.78 Å². The molecule has 0 fully saturated rings. The Balaban J connectivity index is 1.30. The van der Waals surface area contributed by atoms with E-state index >= 15 is 0 Å². The van der Waals surface area contributed by atoms with Crippen LogP contribution in [0.25, 0.3) is 15.9 Å². The van der Waals surface area contributed by atoms with Crippen molar-refractivity contribution in [3.63, 3.8) is 0 Å². The third kappa shape index (κ3) is 4.87. The molecule has 0 N–H and O–H groups in total. The van der Waals surface area contributed by atoms with Gasteiger partial charge in [0.1, 0.15) is 15.5 Å². The Labute approximate surface area is 225 Å². The molecule has 0 radical (unpaired) electrons. The van der Waals surface area contributed by atoms with E-state index in [9.17, 15) is 9.59 Å². The lowest BCUT2D eigenvalue weighted by molar-refractivity contribution is 0.0479. The van der Waals surface area contributed by atoms with E-state index in [2.05, 4.69) is 36.3 Å². The lowest BCUT2D eigenvalue weighted by atomic mass is 10.1. The Morgan fingerprint density at radius 2 is 1.66 bits per heavy atom. The summed E-state index contributed by atoms with van der Waals surface area (Å²) in [7, 11) is 1.62. The fourth-order valence-electron chi connectivity index (χ4n) is 4.64. The summed E-state index contributed by atoms with van der Waals surface area (Å²) in [6.45, 7) is 8.11. The Kier molecular flexibility index (Phi) is 6.91. The first kappa shape index (κ1) is 25.5. The number of thiophene rings is 1. The largest absolute Gasteiger partial charge is 0.497 e. The molecule has 0 aliphatic rings. The topological polar surface area (TPSA) is 75.3 Å². The van der Waals surface area contributed by atoms with Crippen LogP contribution in [-0.4, -0.2) is 39.8 Å². The van der Waals surface area contributed by atoms with Crippen molar-refractivity contribution in [1.29, 1.82) is 0 Å². The number of Topliss-reactive ketones (excluding diaryl/α,β-unsaturated/α-hetero) is 1. The molecule has 0 aliphatic carbocycles. The Morgan fingerprint density at radius 1 is 0.947 bits per heavy atom. The summed E-state index contributed by atoms with van der Waals surface area (Å²) in [5.74, 6) is 0.0116. The maximum atomic E-state index is 13.0. The minimum Gasteiger partial charge on any atom is -0.497 e. The zero-order chi connectivity index (χ0) is 27.0. The average molecular weight is 528 g/mol. The first-order valence-corrected chi connectivity index (χ1v) is 13.1. The molecule has 194 valence electrons. The number of aryl methyl sites for hydroxylation is 3. The van der Waals surface area contributed by atoms with Gasteiger partial charge in [0.25, 0.3) is 0 Å². The maximum absolute atomic E-state index is 13.0. The maximum Gasteiger partial charge on any atom is 0.348 e. The molecule has 0 spiro atoms. The van der Waals surface area contributed by atoms with Gasteiger partial charge in [0, 0.05) is 28.0 Å². The number of carbonyl (C=O) groups is 2. The van der Waals surface area contributed by atoms with Crippen LogP contribution >= 0.6 is 11.3 Å². The smallest absolute Gasteiger partial charge is 0.348 e. The van der Waals surface area contributed by atoms with Gasteiger partial charge in [-0.3, -0.25) is 9.48 Å². The summed E-state index contributed by atoms with van der Waals surface area (Å²) in [5, 5.41) is 5.57. The number of methoxy groups -OCH3 is 1. The van der Waals surface area contributed by atoms with Crippen LogP contribution in [0.2, 0.25) is 0 Å². The zero-order valence-corrected chi connectivity index (χ0v) is 22.9. The third-order valence-electron chi connectivity index (χ3n) is 6.66. The highest BCUT2D eigenvalue weighted by Crippen LogP contribution is 2.30. The molecule has 0 aliphatic heterocycles. The number of rotatable bonds is 8. The molecule has 2 aromatic carbocycles. The zero-order valence-electron chi connectivity index (χ0n) is 22.1. The Morgan fingerprint density at radius 3 is 2.34 bits per heavy atom. The number of benzene rings is 2. The molecule has 0 saturated carbocycles. The second kappa shape index (κ2) is 10.3. The molecular weight excluding hydrogens is 498 g/mol. The predicted octanol–water partition coefficient (Wildman–Crippen LogP) is 6.22. The van der Waals surface area contributed by atoms with Crippen molar-refractivity contribution in [2.45, 2.75) is 34.2 Å². The van der Waals surface area contributed by atoms with Gasteiger partial charge >= 0.3 is 5.97 Å². The first-order chi connectivity index (χ1) is 18.2. The highest BCUT2D eigenvalue weighted by Gasteiger charge is 2.21. The van der Waals surface area contributed by atoms with Crippen molar-refractivity contribution in [3.8, 4) is 11.4 Å². The molecule has 8 heteroatoms. The van der Waals surface area contributed by atoms with Crippen LogP contribution in [0.15, 0.2) is 60.7 Å². The summed E-state index contributed by atoms with van der Waals surface area (Å²) >= 11 is 1.33. The van der Waals surface area contributed by atoms with E-state index in [4.69, 9.17) is 9.47 Å². The summed E-state index contributed by atoms with van der Waals surface area (Å²) in [4.78, 5) is 27.3. The van der Waals surface area contributed by atoms with E-state index in [0.717, 1.165) is 44.3 Å². The average Bonchev–Trinajstić information content (AvgIpc) is 3.57. The minimum absolute atomic E-state index is 0.242. The van der Waals surface area contributed by atoms with Gasteiger partial charge in [0.05, 0.1) is 19.3 Å². The number of hydrogen-bond donors (Lipinski definition) is 0. The van der Waals surface area contributed by atoms with Gasteiger partial charge in [-0.05, 0) is 69.7 Å². The SMILES string of the molecule is COc1ccc(-n2c(C)cc(C(=O)COC(=O)c3cc4c(C)nn(Cc5ccc(C)cc5)c4s3)c2C)cc1. The van der Waals surface area contributed by atoms with Gasteiger partial charge < -0.3 is 14.0 Å². The van der Waals surface area contributed by atoms with Crippen LogP contribution in [0.3, 0.4) is 0 Å². The molecule has 0 amide bonds. The van der Waals surface area contributed by atoms with E-state index in [1.807, 2.05) is 60.4 Å². The van der Waals surface area contributed by atoms with Gasteiger partial charge in [-0.15, -0.1) is 11.3 Å². The number of nitrogens with zero attached hydrogens (tertiary/aromatic N) is 3. The van der Waals surface area contributed by atoms with Crippen molar-refractivity contribution in [2.24, 2.45) is 0 Å². The molecule has 3 aromatic heterocycles. The molecule has 38 heavy (non-hydrogen) atoms. The number of ketones is 1. The summed E-state index contributed by atoms with van der Waals surface area (Å²) in [5.41, 5.74) is 6.36. The summed E-state index contributed by atoms with van der Waals surface area (Å²) < 4.78 is 14.6. The molecule has 0 bridgehead atoms. The molecule has 5 aromatic rings. The number of esters is 1. The molecule has 0 atom stereocenters. The van der Waals surface area contributed by atoms with Crippen LogP contribution < -0.4 is 4.74 Å². The Bertz CT molecular complexity index is 1640. The fraction of sp³-hybridized carbons (Fsp3) is 0.233. The van der Waals surface area contributed by atoms with Crippen molar-refractivity contribution in [1.82, 2.24) is 14.3 Å². The highest BCUT2D eigenvalue weighted by atomic mass is 32.1. The van der Waals surface area contributed by atoms with Crippen LogP contribution in [-0.2, 0) is 11.3 Å². The van der Waals surface area contributed by atoms with Crippen molar-refractivity contribution < 1.29 is 19.1 Å². The quantitative estimate of drug-likeness (QED) is 0.177. The van der Waals surface area contributed by atoms with Crippen molar-refractivity contribution in [2.75, 3.05) is 13.7 Å². The standard InChI is InChI=1S/C30H29N3O4S/c1-18-6-8-22(9-7-18)16-32-29-25(20(3)31-32)15-28(38-29)30(35)37-17-27(34)26-14-19(2)33(21(26)4)23-10-12-24(36-5)13-11-23/h6-15H,16-17H2,1-5H3. The van der Waals surface area contributed by atoms with Crippen LogP contribution in [0, 0.1) is 27.7 Å². The third-order valence-corrected chi connectivity index (χ3v) is 7.79. The van der Waals surface area contributed by atoms with Gasteiger partial charge in [-0.25, -0.2) is 4.79 Å². The lowest BCUT2D eigenvalue weighted by Gasteiger charge is -2.10. The van der Waals surface area contributed by atoms with E-state index < -0.39 is 5.97 Å². The van der Waals surface area contributed by atoms with E-state index in [1.54, 1.807) is 13.2 Å². The number of carbonyl (C=O) groups excluding carboxylic acids is 2. The second-order valence-corrected chi connectivity index (χ2v) is 10.4. The monoisotopic (exact) mass is 527 g/mol. The molecule has 3 heterocycles. The number of aromatic nitrogens is 3. The molecule has 7 nitrogen and oxygen atoms in total. The Hall–Kier alpha value is -4.17. The van der Waals surface area contributed by atoms with Gasteiger partial charge in [0.15, 0.2) is 6.61 Å². The molecular formula is C30H29N3O4S. The van der Waals surface area contributed by atoms with Crippen LogP contribution in [0.4, 0.5) is 0 Å². The van der Waals surface area contributed by atoms with E-state index in [1.165, 1.54) is 16.9 Å². The number of ether oxygens (including phenoxy) is 2. The number of fused-ring (bicyclic) bond motifs is 1. The second-order valence-electron chi connectivity index (χ2n) is 9.38. The number of hydrogen-bond acceptors (Lipinski definition) is 6. The molecule has 0 saturated heterocycles. The van der Waals surface area contributed by atoms with Crippen molar-refractivity contribution >= 4 is 33.3 Å². The fourth-order valence-corrected chi connectivity index (χ4v) is 5.70. The lowest BCUT2D eigenvalue weighted by Crippen LogP contribution is -2.14. The normalized spacial score (nSPS) is 11.2.